The van der Waals surface area contributed by atoms with Gasteiger partial charge in [-0.2, -0.15) is 0 Å². The number of rotatable bonds is 4. The zero-order valence-corrected chi connectivity index (χ0v) is 16.8. The van der Waals surface area contributed by atoms with Gasteiger partial charge in [0.05, 0.1) is 19.8 Å². The van der Waals surface area contributed by atoms with Crippen LogP contribution < -0.4 is 10.1 Å². The first-order valence-corrected chi connectivity index (χ1v) is 10.1. The number of ether oxygens (including phenoxy) is 2. The van der Waals surface area contributed by atoms with Gasteiger partial charge in [-0.1, -0.05) is 36.4 Å². The Morgan fingerprint density at radius 2 is 2.11 bits per heavy atom. The minimum atomic E-state index is 0.0882. The molecular formula is C23H29N3O2. The zero-order chi connectivity index (χ0) is 19.3. The lowest BCUT2D eigenvalue weighted by atomic mass is 10.0. The van der Waals surface area contributed by atoms with Crippen LogP contribution >= 0.6 is 0 Å². The Kier molecular flexibility index (Phi) is 5.81. The standard InChI is InChI=1S/C23H29N3O2/c1-17-5-3-4-6-20(17)22-16-26(12-14-28-22)23(24-2)25-11-9-18-7-8-21-19(15-18)10-13-27-21/h3-8,15,22H,9-14,16H2,1-2H3,(H,24,25). The van der Waals surface area contributed by atoms with Crippen molar-refractivity contribution in [2.75, 3.05) is 39.9 Å². The highest BCUT2D eigenvalue weighted by Crippen LogP contribution is 2.26. The van der Waals surface area contributed by atoms with Crippen LogP contribution in [-0.4, -0.2) is 50.8 Å². The maximum Gasteiger partial charge on any atom is 0.193 e. The number of nitrogens with zero attached hydrogens (tertiary/aromatic N) is 2. The van der Waals surface area contributed by atoms with E-state index in [9.17, 15) is 0 Å². The third kappa shape index (κ3) is 4.14. The summed E-state index contributed by atoms with van der Waals surface area (Å²) in [5.41, 5.74) is 5.21. The van der Waals surface area contributed by atoms with Crippen LogP contribution in [0.3, 0.4) is 0 Å². The number of morpholine rings is 1. The van der Waals surface area contributed by atoms with E-state index in [0.29, 0.717) is 6.61 Å². The fraction of sp³-hybridized carbons (Fsp3) is 0.435. The molecule has 1 fully saturated rings. The highest BCUT2D eigenvalue weighted by molar-refractivity contribution is 5.80. The van der Waals surface area contributed by atoms with Crippen molar-refractivity contribution < 1.29 is 9.47 Å². The molecule has 1 N–H and O–H groups in total. The van der Waals surface area contributed by atoms with Crippen molar-refractivity contribution in [2.45, 2.75) is 25.9 Å². The van der Waals surface area contributed by atoms with Gasteiger partial charge in [0.25, 0.3) is 0 Å². The van der Waals surface area contributed by atoms with Gasteiger partial charge in [0.15, 0.2) is 5.96 Å². The molecule has 0 amide bonds. The predicted octanol–water partition coefficient (Wildman–Crippen LogP) is 3.12. The first kappa shape index (κ1) is 18.8. The average Bonchev–Trinajstić information content (AvgIpc) is 3.19. The summed E-state index contributed by atoms with van der Waals surface area (Å²) < 4.78 is 11.6. The number of hydrogen-bond donors (Lipinski definition) is 1. The van der Waals surface area contributed by atoms with Crippen LogP contribution in [0.25, 0.3) is 0 Å². The lowest BCUT2D eigenvalue weighted by molar-refractivity contribution is -0.00829. The van der Waals surface area contributed by atoms with Crippen molar-refractivity contribution in [1.29, 1.82) is 0 Å². The second kappa shape index (κ2) is 8.65. The minimum Gasteiger partial charge on any atom is -0.493 e. The predicted molar refractivity (Wildman–Crippen MR) is 112 cm³/mol. The zero-order valence-electron chi connectivity index (χ0n) is 16.8. The van der Waals surface area contributed by atoms with E-state index in [2.05, 4.69) is 64.6 Å². The van der Waals surface area contributed by atoms with Gasteiger partial charge in [-0.05, 0) is 41.7 Å². The van der Waals surface area contributed by atoms with Crippen LogP contribution in [0.2, 0.25) is 0 Å². The molecule has 2 heterocycles. The van der Waals surface area contributed by atoms with Crippen molar-refractivity contribution in [2.24, 2.45) is 4.99 Å². The van der Waals surface area contributed by atoms with Gasteiger partial charge in [-0.15, -0.1) is 0 Å². The Balaban J connectivity index is 1.34. The molecule has 0 bridgehead atoms. The van der Waals surface area contributed by atoms with E-state index < -0.39 is 0 Å². The number of hydrogen-bond acceptors (Lipinski definition) is 3. The number of nitrogens with one attached hydrogen (secondary N) is 1. The molecule has 4 rings (SSSR count). The number of benzene rings is 2. The Labute approximate surface area is 167 Å². The topological polar surface area (TPSA) is 46.1 Å². The van der Waals surface area contributed by atoms with E-state index in [1.54, 1.807) is 0 Å². The molecule has 5 nitrogen and oxygen atoms in total. The Bertz CT molecular complexity index is 849. The van der Waals surface area contributed by atoms with Crippen LogP contribution in [0.4, 0.5) is 0 Å². The van der Waals surface area contributed by atoms with Gasteiger partial charge in [0, 0.05) is 26.6 Å². The van der Waals surface area contributed by atoms with Crippen molar-refractivity contribution in [1.82, 2.24) is 10.2 Å². The molecule has 2 aliphatic heterocycles. The quantitative estimate of drug-likeness (QED) is 0.655. The summed E-state index contributed by atoms with van der Waals surface area (Å²) in [6.07, 6.45) is 2.08. The molecule has 1 unspecified atom stereocenters. The van der Waals surface area contributed by atoms with Crippen LogP contribution in [-0.2, 0) is 17.6 Å². The first-order chi connectivity index (χ1) is 13.7. The maximum absolute atomic E-state index is 6.05. The van der Waals surface area contributed by atoms with E-state index in [-0.39, 0.29) is 6.10 Å². The second-order valence-electron chi connectivity index (χ2n) is 7.43. The SMILES string of the molecule is CN=C(NCCc1ccc2c(c1)CCO2)N1CCOC(c2ccccc2C)C1. The van der Waals surface area contributed by atoms with Gasteiger partial charge in [0.1, 0.15) is 11.9 Å². The molecule has 0 radical (unpaired) electrons. The molecule has 1 saturated heterocycles. The fourth-order valence-corrected chi connectivity index (χ4v) is 4.02. The number of guanidine groups is 1. The molecule has 1 atom stereocenters. The number of aryl methyl sites for hydroxylation is 1. The Hall–Kier alpha value is -2.53. The van der Waals surface area contributed by atoms with E-state index in [1.807, 2.05) is 7.05 Å². The van der Waals surface area contributed by atoms with Gasteiger partial charge in [0.2, 0.25) is 0 Å². The third-order valence-corrected chi connectivity index (χ3v) is 5.56. The number of fused-ring (bicyclic) bond motifs is 1. The smallest absolute Gasteiger partial charge is 0.193 e. The highest BCUT2D eigenvalue weighted by atomic mass is 16.5. The van der Waals surface area contributed by atoms with E-state index in [0.717, 1.165) is 50.8 Å². The average molecular weight is 380 g/mol. The molecule has 5 heteroatoms. The molecule has 0 saturated carbocycles. The van der Waals surface area contributed by atoms with Crippen molar-refractivity contribution in [3.8, 4) is 5.75 Å². The summed E-state index contributed by atoms with van der Waals surface area (Å²) in [6, 6.07) is 15.0. The lowest BCUT2D eigenvalue weighted by Gasteiger charge is -2.35. The summed E-state index contributed by atoms with van der Waals surface area (Å²) in [5.74, 6) is 1.99. The van der Waals surface area contributed by atoms with E-state index >= 15 is 0 Å². The molecular weight excluding hydrogens is 350 g/mol. The lowest BCUT2D eigenvalue weighted by Crippen LogP contribution is -2.48. The molecule has 148 valence electrons. The highest BCUT2D eigenvalue weighted by Gasteiger charge is 2.25. The van der Waals surface area contributed by atoms with Crippen LogP contribution in [0.1, 0.15) is 28.4 Å². The van der Waals surface area contributed by atoms with Crippen LogP contribution in [0.5, 0.6) is 5.75 Å². The molecule has 2 aromatic rings. The summed E-state index contributed by atoms with van der Waals surface area (Å²) >= 11 is 0. The maximum atomic E-state index is 6.05. The molecule has 0 aliphatic carbocycles. The fourth-order valence-electron chi connectivity index (χ4n) is 4.02. The largest absolute Gasteiger partial charge is 0.493 e. The number of aliphatic imine (C=N–C) groups is 1. The van der Waals surface area contributed by atoms with Crippen molar-refractivity contribution >= 4 is 5.96 Å². The normalized spacial score (nSPS) is 19.3. The second-order valence-corrected chi connectivity index (χ2v) is 7.43. The van der Waals surface area contributed by atoms with Gasteiger partial charge >= 0.3 is 0 Å². The van der Waals surface area contributed by atoms with Crippen molar-refractivity contribution in [3.63, 3.8) is 0 Å². The van der Waals surface area contributed by atoms with Gasteiger partial charge < -0.3 is 19.7 Å². The summed E-state index contributed by atoms with van der Waals surface area (Å²) in [6.45, 7) is 6.21. The van der Waals surface area contributed by atoms with E-state index in [1.165, 1.54) is 22.3 Å². The summed E-state index contributed by atoms with van der Waals surface area (Å²) in [4.78, 5) is 6.81. The van der Waals surface area contributed by atoms with Crippen molar-refractivity contribution in [3.05, 3.63) is 64.7 Å². The summed E-state index contributed by atoms with van der Waals surface area (Å²) in [7, 11) is 1.85. The van der Waals surface area contributed by atoms with Gasteiger partial charge in [-0.3, -0.25) is 4.99 Å². The monoisotopic (exact) mass is 379 g/mol. The molecule has 28 heavy (non-hydrogen) atoms. The van der Waals surface area contributed by atoms with Crippen LogP contribution in [0, 0.1) is 6.92 Å². The Morgan fingerprint density at radius 3 is 2.96 bits per heavy atom. The third-order valence-electron chi connectivity index (χ3n) is 5.56. The molecule has 0 spiro atoms. The first-order valence-electron chi connectivity index (χ1n) is 10.1. The molecule has 2 aromatic carbocycles. The Morgan fingerprint density at radius 1 is 1.21 bits per heavy atom. The molecule has 2 aliphatic rings. The minimum absolute atomic E-state index is 0.0882. The molecule has 0 aromatic heterocycles. The van der Waals surface area contributed by atoms with Gasteiger partial charge in [-0.25, -0.2) is 0 Å². The van der Waals surface area contributed by atoms with Crippen LogP contribution in [0.15, 0.2) is 47.5 Å². The van der Waals surface area contributed by atoms with E-state index in [4.69, 9.17) is 9.47 Å². The summed E-state index contributed by atoms with van der Waals surface area (Å²) in [5, 5.41) is 3.53.